The molecular weight excluding hydrogens is 280 g/mol. The highest BCUT2D eigenvalue weighted by molar-refractivity contribution is 7.98. The van der Waals surface area contributed by atoms with Crippen LogP contribution in [0.3, 0.4) is 0 Å². The van der Waals surface area contributed by atoms with Crippen LogP contribution in [0.2, 0.25) is 0 Å². The lowest BCUT2D eigenvalue weighted by molar-refractivity contribution is 0.162. The van der Waals surface area contributed by atoms with Crippen LogP contribution in [0, 0.1) is 11.8 Å². The molecule has 0 aromatic carbocycles. The molecule has 1 saturated heterocycles. The largest absolute Gasteiger partial charge is 0.357 e. The van der Waals surface area contributed by atoms with Gasteiger partial charge in [-0.3, -0.25) is 4.99 Å². The van der Waals surface area contributed by atoms with Crippen LogP contribution < -0.4 is 10.6 Å². The van der Waals surface area contributed by atoms with Crippen LogP contribution in [0.25, 0.3) is 0 Å². The topological polar surface area (TPSA) is 39.7 Å². The summed E-state index contributed by atoms with van der Waals surface area (Å²) < 4.78 is 0. The molecule has 0 amide bonds. The lowest BCUT2D eigenvalue weighted by Crippen LogP contribution is -2.41. The van der Waals surface area contributed by atoms with Gasteiger partial charge in [0.15, 0.2) is 5.96 Å². The molecule has 5 heteroatoms. The Morgan fingerprint density at radius 2 is 2.19 bits per heavy atom. The van der Waals surface area contributed by atoms with Gasteiger partial charge in [0, 0.05) is 38.5 Å². The SMILES string of the molecule is CCNC(=NCC1CCCN(CC(C)C)C1)NCCSC. The Hall–Kier alpha value is -0.420. The molecule has 1 atom stereocenters. The average molecular weight is 315 g/mol. The molecule has 124 valence electrons. The molecule has 21 heavy (non-hydrogen) atoms. The maximum Gasteiger partial charge on any atom is 0.191 e. The first-order valence-corrected chi connectivity index (χ1v) is 9.78. The monoisotopic (exact) mass is 314 g/mol. The van der Waals surface area contributed by atoms with Crippen LogP contribution in [0.1, 0.15) is 33.6 Å². The lowest BCUT2D eigenvalue weighted by Gasteiger charge is -2.33. The number of likely N-dealkylation sites (tertiary alicyclic amines) is 1. The Balaban J connectivity index is 2.39. The van der Waals surface area contributed by atoms with Crippen molar-refractivity contribution >= 4 is 17.7 Å². The van der Waals surface area contributed by atoms with Crippen molar-refractivity contribution in [3.05, 3.63) is 0 Å². The van der Waals surface area contributed by atoms with E-state index in [0.29, 0.717) is 5.92 Å². The number of rotatable bonds is 8. The number of nitrogens with one attached hydrogen (secondary N) is 2. The Labute approximate surface area is 135 Å². The maximum absolute atomic E-state index is 4.78. The van der Waals surface area contributed by atoms with Gasteiger partial charge in [-0.25, -0.2) is 0 Å². The van der Waals surface area contributed by atoms with Gasteiger partial charge < -0.3 is 15.5 Å². The van der Waals surface area contributed by atoms with Gasteiger partial charge in [-0.2, -0.15) is 11.8 Å². The number of thioether (sulfide) groups is 1. The summed E-state index contributed by atoms with van der Waals surface area (Å²) in [6.07, 6.45) is 4.78. The standard InChI is InChI=1S/C16H34N4S/c1-5-17-16(18-8-10-21-4)19-11-15-7-6-9-20(13-15)12-14(2)3/h14-15H,5-13H2,1-4H3,(H2,17,18,19). The summed E-state index contributed by atoms with van der Waals surface area (Å²) >= 11 is 1.86. The fourth-order valence-corrected chi connectivity index (χ4v) is 3.12. The average Bonchev–Trinajstić information content (AvgIpc) is 2.44. The first-order chi connectivity index (χ1) is 10.2. The van der Waals surface area contributed by atoms with E-state index in [9.17, 15) is 0 Å². The van der Waals surface area contributed by atoms with Crippen molar-refractivity contribution in [1.29, 1.82) is 0 Å². The van der Waals surface area contributed by atoms with Crippen LogP contribution in [-0.4, -0.2) is 62.1 Å². The van der Waals surface area contributed by atoms with Crippen molar-refractivity contribution in [3.8, 4) is 0 Å². The highest BCUT2D eigenvalue weighted by Crippen LogP contribution is 2.17. The molecule has 2 N–H and O–H groups in total. The van der Waals surface area contributed by atoms with Crippen molar-refractivity contribution in [1.82, 2.24) is 15.5 Å². The van der Waals surface area contributed by atoms with Gasteiger partial charge in [-0.05, 0) is 44.4 Å². The molecule has 1 heterocycles. The van der Waals surface area contributed by atoms with Crippen LogP contribution in [0.15, 0.2) is 4.99 Å². The van der Waals surface area contributed by atoms with Gasteiger partial charge in [-0.1, -0.05) is 13.8 Å². The Kier molecular flexibility index (Phi) is 9.92. The number of hydrogen-bond donors (Lipinski definition) is 2. The van der Waals surface area contributed by atoms with Gasteiger partial charge in [-0.15, -0.1) is 0 Å². The second kappa shape index (κ2) is 11.2. The van der Waals surface area contributed by atoms with Crippen molar-refractivity contribution in [2.45, 2.75) is 33.6 Å². The molecule has 1 aliphatic rings. The molecule has 0 aromatic rings. The van der Waals surface area contributed by atoms with Crippen LogP contribution >= 0.6 is 11.8 Å². The fraction of sp³-hybridized carbons (Fsp3) is 0.938. The fourth-order valence-electron chi connectivity index (χ4n) is 2.82. The molecule has 0 bridgehead atoms. The van der Waals surface area contributed by atoms with E-state index in [0.717, 1.165) is 37.3 Å². The molecule has 0 saturated carbocycles. The van der Waals surface area contributed by atoms with Crippen LogP contribution in [0.4, 0.5) is 0 Å². The highest BCUT2D eigenvalue weighted by Gasteiger charge is 2.20. The first kappa shape index (κ1) is 18.6. The summed E-state index contributed by atoms with van der Waals surface area (Å²) in [6.45, 7) is 13.3. The minimum atomic E-state index is 0.716. The molecule has 0 radical (unpaired) electrons. The number of hydrogen-bond acceptors (Lipinski definition) is 3. The zero-order valence-electron chi connectivity index (χ0n) is 14.3. The summed E-state index contributed by atoms with van der Waals surface area (Å²) in [6, 6.07) is 0. The predicted molar refractivity (Wildman–Crippen MR) is 96.4 cm³/mol. The van der Waals surface area contributed by atoms with E-state index in [4.69, 9.17) is 4.99 Å². The first-order valence-electron chi connectivity index (χ1n) is 8.39. The molecule has 1 rings (SSSR count). The quantitative estimate of drug-likeness (QED) is 0.410. The smallest absolute Gasteiger partial charge is 0.191 e. The maximum atomic E-state index is 4.78. The summed E-state index contributed by atoms with van der Waals surface area (Å²) in [5.74, 6) is 3.58. The Bertz CT molecular complexity index is 294. The van der Waals surface area contributed by atoms with Crippen molar-refractivity contribution in [2.75, 3.05) is 51.3 Å². The molecule has 1 aliphatic heterocycles. The summed E-state index contributed by atoms with van der Waals surface area (Å²) in [7, 11) is 0. The predicted octanol–water partition coefficient (Wildman–Crippen LogP) is 2.27. The number of aliphatic imine (C=N–C) groups is 1. The summed E-state index contributed by atoms with van der Waals surface area (Å²) in [4.78, 5) is 7.39. The minimum absolute atomic E-state index is 0.716. The molecule has 4 nitrogen and oxygen atoms in total. The van der Waals surface area contributed by atoms with E-state index >= 15 is 0 Å². The van der Waals surface area contributed by atoms with Crippen molar-refractivity contribution in [3.63, 3.8) is 0 Å². The van der Waals surface area contributed by atoms with E-state index in [1.807, 2.05) is 11.8 Å². The van der Waals surface area contributed by atoms with Gasteiger partial charge in [0.05, 0.1) is 0 Å². The third kappa shape index (κ3) is 8.57. The second-order valence-electron chi connectivity index (χ2n) is 6.30. The lowest BCUT2D eigenvalue weighted by atomic mass is 9.97. The third-order valence-corrected chi connectivity index (χ3v) is 4.29. The van der Waals surface area contributed by atoms with E-state index in [2.05, 4.69) is 42.6 Å². The highest BCUT2D eigenvalue weighted by atomic mass is 32.2. The molecule has 0 spiro atoms. The van der Waals surface area contributed by atoms with Crippen molar-refractivity contribution in [2.24, 2.45) is 16.8 Å². The van der Waals surface area contributed by atoms with Gasteiger partial charge in [0.25, 0.3) is 0 Å². The third-order valence-electron chi connectivity index (χ3n) is 3.68. The summed E-state index contributed by atoms with van der Waals surface area (Å²) in [5, 5.41) is 6.75. The van der Waals surface area contributed by atoms with E-state index in [-0.39, 0.29) is 0 Å². The molecule has 1 unspecified atom stereocenters. The van der Waals surface area contributed by atoms with E-state index in [1.165, 1.54) is 32.5 Å². The van der Waals surface area contributed by atoms with E-state index < -0.39 is 0 Å². The minimum Gasteiger partial charge on any atom is -0.357 e. The Morgan fingerprint density at radius 3 is 2.86 bits per heavy atom. The van der Waals surface area contributed by atoms with Gasteiger partial charge in [0.2, 0.25) is 0 Å². The zero-order valence-corrected chi connectivity index (χ0v) is 15.1. The molecule has 0 aliphatic carbocycles. The van der Waals surface area contributed by atoms with Crippen LogP contribution in [0.5, 0.6) is 0 Å². The summed E-state index contributed by atoms with van der Waals surface area (Å²) in [5.41, 5.74) is 0. The molecule has 0 aromatic heterocycles. The molecular formula is C16H34N4S. The van der Waals surface area contributed by atoms with Gasteiger partial charge >= 0.3 is 0 Å². The number of nitrogens with zero attached hydrogens (tertiary/aromatic N) is 2. The Morgan fingerprint density at radius 1 is 1.38 bits per heavy atom. The van der Waals surface area contributed by atoms with Crippen LogP contribution in [-0.2, 0) is 0 Å². The normalized spacial score (nSPS) is 20.8. The van der Waals surface area contributed by atoms with Gasteiger partial charge in [0.1, 0.15) is 0 Å². The molecule has 1 fully saturated rings. The zero-order chi connectivity index (χ0) is 15.5. The number of piperidine rings is 1. The second-order valence-corrected chi connectivity index (χ2v) is 7.29. The van der Waals surface area contributed by atoms with Crippen molar-refractivity contribution < 1.29 is 0 Å². The van der Waals surface area contributed by atoms with E-state index in [1.54, 1.807) is 0 Å². The number of guanidine groups is 1.